The van der Waals surface area contributed by atoms with Gasteiger partial charge >= 0.3 is 10.2 Å². The van der Waals surface area contributed by atoms with Gasteiger partial charge in [0.1, 0.15) is 0 Å². The van der Waals surface area contributed by atoms with Crippen molar-refractivity contribution in [3.05, 3.63) is 66.7 Å². The van der Waals surface area contributed by atoms with Crippen LogP contribution in [0.5, 0.6) is 0 Å². The normalized spacial score (nSPS) is 15.4. The molecule has 0 aromatic heterocycles. The SMILES string of the molecule is CNCCCN1c2ccccc2N(c2cccc3ccccc23)S1(=O)=O. The quantitative estimate of drug-likeness (QED) is 0.701. The first-order valence-corrected chi connectivity index (χ1v) is 10.1. The van der Waals surface area contributed by atoms with Crippen LogP contribution < -0.4 is 13.9 Å². The Balaban J connectivity index is 1.88. The van der Waals surface area contributed by atoms with Gasteiger partial charge in [0.25, 0.3) is 0 Å². The van der Waals surface area contributed by atoms with Crippen molar-refractivity contribution in [1.82, 2.24) is 5.32 Å². The predicted molar refractivity (Wildman–Crippen MR) is 107 cm³/mol. The zero-order valence-electron chi connectivity index (χ0n) is 14.6. The monoisotopic (exact) mass is 367 g/mol. The first-order chi connectivity index (χ1) is 12.6. The molecule has 6 heteroatoms. The molecule has 0 saturated carbocycles. The molecule has 3 aromatic carbocycles. The molecule has 1 aliphatic heterocycles. The molecule has 0 aliphatic carbocycles. The molecule has 26 heavy (non-hydrogen) atoms. The van der Waals surface area contributed by atoms with Gasteiger partial charge in [-0.15, -0.1) is 0 Å². The van der Waals surface area contributed by atoms with Crippen molar-refractivity contribution in [3.8, 4) is 0 Å². The van der Waals surface area contributed by atoms with Gasteiger partial charge in [-0.2, -0.15) is 8.42 Å². The Bertz CT molecular complexity index is 1040. The van der Waals surface area contributed by atoms with E-state index in [9.17, 15) is 8.42 Å². The van der Waals surface area contributed by atoms with E-state index in [4.69, 9.17) is 0 Å². The summed E-state index contributed by atoms with van der Waals surface area (Å²) in [6.07, 6.45) is 0.743. The second-order valence-electron chi connectivity index (χ2n) is 6.29. The number of hydrogen-bond donors (Lipinski definition) is 1. The lowest BCUT2D eigenvalue weighted by Crippen LogP contribution is -2.36. The highest BCUT2D eigenvalue weighted by atomic mass is 32.2. The van der Waals surface area contributed by atoms with E-state index in [0.29, 0.717) is 17.9 Å². The van der Waals surface area contributed by atoms with Gasteiger partial charge in [-0.3, -0.25) is 4.31 Å². The van der Waals surface area contributed by atoms with Gasteiger partial charge in [-0.1, -0.05) is 48.5 Å². The van der Waals surface area contributed by atoms with Crippen molar-refractivity contribution >= 4 is 38.0 Å². The van der Waals surface area contributed by atoms with Crippen LogP contribution in [-0.4, -0.2) is 28.6 Å². The van der Waals surface area contributed by atoms with E-state index < -0.39 is 10.2 Å². The van der Waals surface area contributed by atoms with Gasteiger partial charge in [0.05, 0.1) is 17.1 Å². The number of hydrogen-bond acceptors (Lipinski definition) is 3. The number of nitrogens with one attached hydrogen (secondary N) is 1. The molecule has 1 aliphatic rings. The minimum absolute atomic E-state index is 0.446. The third-order valence-corrected chi connectivity index (χ3v) is 6.44. The minimum Gasteiger partial charge on any atom is -0.320 e. The summed E-state index contributed by atoms with van der Waals surface area (Å²) < 4.78 is 29.8. The molecule has 1 N–H and O–H groups in total. The smallest absolute Gasteiger partial charge is 0.320 e. The average molecular weight is 367 g/mol. The number of fused-ring (bicyclic) bond motifs is 2. The highest BCUT2D eigenvalue weighted by Crippen LogP contribution is 2.46. The average Bonchev–Trinajstić information content (AvgIpc) is 2.88. The Kier molecular flexibility index (Phi) is 4.30. The molecule has 0 saturated heterocycles. The van der Waals surface area contributed by atoms with E-state index in [1.165, 1.54) is 8.61 Å². The van der Waals surface area contributed by atoms with Gasteiger partial charge in [0.2, 0.25) is 0 Å². The molecular formula is C20H21N3O2S. The zero-order chi connectivity index (χ0) is 18.1. The van der Waals surface area contributed by atoms with Gasteiger partial charge in [0, 0.05) is 11.9 Å². The van der Waals surface area contributed by atoms with Crippen LogP contribution in [0.2, 0.25) is 0 Å². The number of nitrogens with zero attached hydrogens (tertiary/aromatic N) is 2. The standard InChI is InChI=1S/C20H21N3O2S/c1-21-14-7-15-22-19-11-4-5-12-20(19)23(26(22,24)25)18-13-6-9-16-8-2-3-10-17(16)18/h2-6,8-13,21H,7,14-15H2,1H3. The van der Waals surface area contributed by atoms with E-state index in [0.717, 1.165) is 29.4 Å². The molecule has 1 heterocycles. The summed E-state index contributed by atoms with van der Waals surface area (Å²) in [4.78, 5) is 0. The third-order valence-electron chi connectivity index (χ3n) is 4.65. The number of para-hydroxylation sites is 2. The lowest BCUT2D eigenvalue weighted by Gasteiger charge is -2.23. The van der Waals surface area contributed by atoms with E-state index in [2.05, 4.69) is 5.32 Å². The fourth-order valence-corrected chi connectivity index (χ4v) is 5.24. The summed E-state index contributed by atoms with van der Waals surface area (Å²) in [5.74, 6) is 0. The molecule has 0 spiro atoms. The second-order valence-corrected chi connectivity index (χ2v) is 7.99. The van der Waals surface area contributed by atoms with E-state index in [-0.39, 0.29) is 0 Å². The summed E-state index contributed by atoms with van der Waals surface area (Å²) in [6.45, 7) is 1.21. The van der Waals surface area contributed by atoms with Crippen LogP contribution in [0.4, 0.5) is 17.1 Å². The minimum atomic E-state index is -3.67. The molecule has 0 bridgehead atoms. The maximum Gasteiger partial charge on any atom is 0.330 e. The molecule has 0 amide bonds. The topological polar surface area (TPSA) is 52.6 Å². The van der Waals surface area contributed by atoms with Crippen molar-refractivity contribution in [3.63, 3.8) is 0 Å². The Morgan fingerprint density at radius 1 is 0.846 bits per heavy atom. The van der Waals surface area contributed by atoms with Crippen LogP contribution >= 0.6 is 0 Å². The summed E-state index contributed by atoms with van der Waals surface area (Å²) >= 11 is 0. The fourth-order valence-electron chi connectivity index (χ4n) is 3.47. The van der Waals surface area contributed by atoms with Gasteiger partial charge in [-0.25, -0.2) is 4.31 Å². The highest BCUT2D eigenvalue weighted by molar-refractivity contribution is 7.95. The second kappa shape index (κ2) is 6.63. The zero-order valence-corrected chi connectivity index (χ0v) is 15.4. The van der Waals surface area contributed by atoms with Crippen molar-refractivity contribution in [2.45, 2.75) is 6.42 Å². The molecular weight excluding hydrogens is 346 g/mol. The van der Waals surface area contributed by atoms with Crippen molar-refractivity contribution < 1.29 is 8.42 Å². The van der Waals surface area contributed by atoms with Crippen LogP contribution in [0.1, 0.15) is 6.42 Å². The Morgan fingerprint density at radius 2 is 1.50 bits per heavy atom. The van der Waals surface area contributed by atoms with E-state index >= 15 is 0 Å². The molecule has 0 unspecified atom stereocenters. The van der Waals surface area contributed by atoms with Crippen molar-refractivity contribution in [2.75, 3.05) is 28.7 Å². The van der Waals surface area contributed by atoms with Crippen LogP contribution in [-0.2, 0) is 10.2 Å². The maximum atomic E-state index is 13.4. The van der Waals surface area contributed by atoms with E-state index in [1.807, 2.05) is 73.8 Å². The third kappa shape index (κ3) is 2.62. The molecule has 3 aromatic rings. The van der Waals surface area contributed by atoms with Crippen molar-refractivity contribution in [1.29, 1.82) is 0 Å². The largest absolute Gasteiger partial charge is 0.330 e. The first-order valence-electron chi connectivity index (χ1n) is 8.69. The summed E-state index contributed by atoms with van der Waals surface area (Å²) in [5, 5.41) is 5.02. The number of benzene rings is 3. The van der Waals surface area contributed by atoms with Crippen LogP contribution in [0.25, 0.3) is 10.8 Å². The molecule has 4 rings (SSSR count). The molecule has 0 fully saturated rings. The number of anilines is 3. The molecule has 0 atom stereocenters. The van der Waals surface area contributed by atoms with Gasteiger partial charge in [-0.05, 0) is 43.6 Å². The lowest BCUT2D eigenvalue weighted by atomic mass is 10.1. The molecule has 134 valence electrons. The molecule has 0 radical (unpaired) electrons. The van der Waals surface area contributed by atoms with Crippen molar-refractivity contribution in [2.24, 2.45) is 0 Å². The fraction of sp³-hybridized carbons (Fsp3) is 0.200. The summed E-state index contributed by atoms with van der Waals surface area (Å²) in [7, 11) is -1.80. The van der Waals surface area contributed by atoms with Crippen LogP contribution in [0.15, 0.2) is 66.7 Å². The Hall–Kier alpha value is -2.57. The first kappa shape index (κ1) is 16.9. The highest BCUT2D eigenvalue weighted by Gasteiger charge is 2.41. The number of rotatable bonds is 5. The van der Waals surface area contributed by atoms with E-state index in [1.54, 1.807) is 0 Å². The predicted octanol–water partition coefficient (Wildman–Crippen LogP) is 3.65. The maximum absolute atomic E-state index is 13.4. The Labute approximate surface area is 154 Å². The van der Waals surface area contributed by atoms with Gasteiger partial charge in [0.15, 0.2) is 0 Å². The van der Waals surface area contributed by atoms with Crippen LogP contribution in [0, 0.1) is 0 Å². The Morgan fingerprint density at radius 3 is 2.31 bits per heavy atom. The van der Waals surface area contributed by atoms with Gasteiger partial charge < -0.3 is 5.32 Å². The lowest BCUT2D eigenvalue weighted by molar-refractivity contribution is 0.591. The van der Waals surface area contributed by atoms with Crippen LogP contribution in [0.3, 0.4) is 0 Å². The molecule has 5 nitrogen and oxygen atoms in total. The summed E-state index contributed by atoms with van der Waals surface area (Å²) in [5.41, 5.74) is 2.12. The summed E-state index contributed by atoms with van der Waals surface area (Å²) in [6, 6.07) is 21.1.